The number of benzene rings is 3. The minimum absolute atomic E-state index is 0.0943. The van der Waals surface area contributed by atoms with Crippen molar-refractivity contribution in [2.24, 2.45) is 5.92 Å². The number of nitrogens with zero attached hydrogens (tertiary/aromatic N) is 1. The van der Waals surface area contributed by atoms with Crippen LogP contribution in [0.15, 0.2) is 66.7 Å². The van der Waals surface area contributed by atoms with Crippen LogP contribution >= 0.6 is 0 Å². The highest BCUT2D eigenvalue weighted by atomic mass is 19.2. The Kier molecular flexibility index (Phi) is 7.43. The summed E-state index contributed by atoms with van der Waals surface area (Å²) in [6, 6.07) is 19.3. The normalized spacial score (nSPS) is 18.4. The quantitative estimate of drug-likeness (QED) is 0.518. The first-order valence-electron chi connectivity index (χ1n) is 11.2. The molecule has 1 amide bonds. The summed E-state index contributed by atoms with van der Waals surface area (Å²) in [4.78, 5) is 15.4. The minimum Gasteiger partial charge on any atom is -0.493 e. The molecule has 0 radical (unpaired) electrons. The number of amides is 1. The smallest absolute Gasteiger partial charge is 0.228 e. The lowest BCUT2D eigenvalue weighted by Crippen LogP contribution is -2.43. The van der Waals surface area contributed by atoms with Crippen LogP contribution in [-0.4, -0.2) is 38.1 Å². The monoisotopic (exact) mass is 466 g/mol. The van der Waals surface area contributed by atoms with Crippen LogP contribution in [0, 0.1) is 17.6 Å². The number of anilines is 1. The zero-order chi connectivity index (χ0) is 24.1. The van der Waals surface area contributed by atoms with E-state index in [4.69, 9.17) is 9.47 Å². The maximum Gasteiger partial charge on any atom is 0.228 e. The average molecular weight is 467 g/mol. The highest BCUT2D eigenvalue weighted by molar-refractivity contribution is 5.93. The fraction of sp³-hybridized carbons (Fsp3) is 0.296. The third-order valence-electron chi connectivity index (χ3n) is 6.21. The van der Waals surface area contributed by atoms with E-state index in [9.17, 15) is 13.6 Å². The Balaban J connectivity index is 1.53. The van der Waals surface area contributed by atoms with Gasteiger partial charge in [0.15, 0.2) is 23.1 Å². The van der Waals surface area contributed by atoms with E-state index < -0.39 is 11.6 Å². The zero-order valence-electron chi connectivity index (χ0n) is 19.3. The van der Waals surface area contributed by atoms with Gasteiger partial charge in [-0.05, 0) is 47.7 Å². The molecule has 0 saturated carbocycles. The summed E-state index contributed by atoms with van der Waals surface area (Å²) >= 11 is 0. The van der Waals surface area contributed by atoms with Crippen molar-refractivity contribution in [1.29, 1.82) is 0 Å². The Labute approximate surface area is 198 Å². The maximum atomic E-state index is 13.8. The molecular formula is C27H28F2N2O3. The van der Waals surface area contributed by atoms with Gasteiger partial charge in [-0.15, -0.1) is 0 Å². The molecule has 0 bridgehead atoms. The molecule has 0 aromatic heterocycles. The van der Waals surface area contributed by atoms with Crippen molar-refractivity contribution in [2.75, 3.05) is 32.6 Å². The number of likely N-dealkylation sites (tertiary alicyclic amines) is 1. The number of carbonyl (C=O) groups excluding carboxylic acids is 1. The first-order chi connectivity index (χ1) is 16.5. The van der Waals surface area contributed by atoms with Crippen LogP contribution in [-0.2, 0) is 11.3 Å². The molecule has 1 aliphatic heterocycles. The summed E-state index contributed by atoms with van der Waals surface area (Å²) in [6.07, 6.45) is 0.692. The molecule has 3 aromatic carbocycles. The number of halogens is 2. The molecule has 0 spiro atoms. The summed E-state index contributed by atoms with van der Waals surface area (Å²) in [5, 5.41) is 3.00. The number of rotatable bonds is 7. The summed E-state index contributed by atoms with van der Waals surface area (Å²) in [5.41, 5.74) is 2.45. The third kappa shape index (κ3) is 5.54. The zero-order valence-corrected chi connectivity index (χ0v) is 19.3. The Bertz CT molecular complexity index is 1140. The predicted octanol–water partition coefficient (Wildman–Crippen LogP) is 5.23. The number of hydrogen-bond donors (Lipinski definition) is 1. The molecule has 7 heteroatoms. The van der Waals surface area contributed by atoms with Crippen LogP contribution in [0.2, 0.25) is 0 Å². The van der Waals surface area contributed by atoms with E-state index >= 15 is 0 Å². The molecule has 0 aliphatic carbocycles. The van der Waals surface area contributed by atoms with E-state index in [2.05, 4.69) is 22.3 Å². The van der Waals surface area contributed by atoms with Crippen LogP contribution in [0.1, 0.15) is 23.5 Å². The number of piperidine rings is 1. The SMILES string of the molecule is COc1ccc(NC(=O)C2CC(c3ccccc3)CN(Cc3ccc(F)c(F)c3)C2)cc1OC. The molecule has 34 heavy (non-hydrogen) atoms. The number of carbonyl (C=O) groups is 1. The molecule has 1 fully saturated rings. The minimum atomic E-state index is -0.864. The lowest BCUT2D eigenvalue weighted by atomic mass is 9.84. The van der Waals surface area contributed by atoms with Gasteiger partial charge in [0.2, 0.25) is 5.91 Å². The highest BCUT2D eigenvalue weighted by Gasteiger charge is 2.32. The first-order valence-corrected chi connectivity index (χ1v) is 11.2. The second kappa shape index (κ2) is 10.7. The summed E-state index contributed by atoms with van der Waals surface area (Å²) in [6.45, 7) is 1.67. The standard InChI is InChI=1S/C27H28F2N2O3/c1-33-25-11-9-22(14-26(25)34-2)30-27(32)21-13-20(19-6-4-3-5-7-19)16-31(17-21)15-18-8-10-23(28)24(29)12-18/h3-12,14,20-21H,13,15-17H2,1-2H3,(H,30,32). The molecular weight excluding hydrogens is 438 g/mol. The molecule has 2 unspecified atom stereocenters. The van der Waals surface area contributed by atoms with Gasteiger partial charge in [0.05, 0.1) is 20.1 Å². The summed E-state index contributed by atoms with van der Waals surface area (Å²) in [5.74, 6) is -0.846. The molecule has 178 valence electrons. The maximum absolute atomic E-state index is 13.8. The molecule has 1 heterocycles. The number of methoxy groups -OCH3 is 2. The van der Waals surface area contributed by atoms with E-state index in [1.54, 1.807) is 38.5 Å². The molecule has 2 atom stereocenters. The number of hydrogen-bond acceptors (Lipinski definition) is 4. The van der Waals surface area contributed by atoms with Gasteiger partial charge >= 0.3 is 0 Å². The third-order valence-corrected chi connectivity index (χ3v) is 6.21. The lowest BCUT2D eigenvalue weighted by molar-refractivity contribution is -0.121. The summed E-state index contributed by atoms with van der Waals surface area (Å²) in [7, 11) is 3.11. The van der Waals surface area contributed by atoms with Crippen molar-refractivity contribution in [1.82, 2.24) is 4.90 Å². The van der Waals surface area contributed by atoms with Crippen molar-refractivity contribution >= 4 is 11.6 Å². The predicted molar refractivity (Wildman–Crippen MR) is 127 cm³/mol. The number of nitrogens with one attached hydrogen (secondary N) is 1. The molecule has 5 nitrogen and oxygen atoms in total. The van der Waals surface area contributed by atoms with Crippen molar-refractivity contribution in [3.8, 4) is 11.5 Å². The van der Waals surface area contributed by atoms with E-state index in [0.717, 1.165) is 18.2 Å². The van der Waals surface area contributed by atoms with Crippen LogP contribution in [0.25, 0.3) is 0 Å². The topological polar surface area (TPSA) is 50.8 Å². The molecule has 4 rings (SSSR count). The van der Waals surface area contributed by atoms with Gasteiger partial charge in [0, 0.05) is 31.4 Å². The Hall–Kier alpha value is -3.45. The second-order valence-corrected chi connectivity index (χ2v) is 8.54. The van der Waals surface area contributed by atoms with Gasteiger partial charge in [-0.3, -0.25) is 9.69 Å². The van der Waals surface area contributed by atoms with Gasteiger partial charge in [-0.2, -0.15) is 0 Å². The fourth-order valence-electron chi connectivity index (χ4n) is 4.53. The number of ether oxygens (including phenoxy) is 2. The van der Waals surface area contributed by atoms with Gasteiger partial charge < -0.3 is 14.8 Å². The van der Waals surface area contributed by atoms with E-state index in [1.807, 2.05) is 18.2 Å². The van der Waals surface area contributed by atoms with E-state index in [1.165, 1.54) is 6.07 Å². The van der Waals surface area contributed by atoms with Gasteiger partial charge in [-0.25, -0.2) is 8.78 Å². The molecule has 1 aliphatic rings. The second-order valence-electron chi connectivity index (χ2n) is 8.54. The molecule has 1 N–H and O–H groups in total. The van der Waals surface area contributed by atoms with Crippen molar-refractivity contribution in [3.63, 3.8) is 0 Å². The molecule has 1 saturated heterocycles. The van der Waals surface area contributed by atoms with Crippen molar-refractivity contribution in [2.45, 2.75) is 18.9 Å². The van der Waals surface area contributed by atoms with Crippen LogP contribution in [0.5, 0.6) is 11.5 Å². The lowest BCUT2D eigenvalue weighted by Gasteiger charge is -2.37. The first kappa shape index (κ1) is 23.7. The van der Waals surface area contributed by atoms with Crippen LogP contribution in [0.3, 0.4) is 0 Å². The Morgan fingerprint density at radius 3 is 2.41 bits per heavy atom. The van der Waals surface area contributed by atoms with E-state index in [0.29, 0.717) is 42.3 Å². The fourth-order valence-corrected chi connectivity index (χ4v) is 4.53. The van der Waals surface area contributed by atoms with Gasteiger partial charge in [-0.1, -0.05) is 36.4 Å². The van der Waals surface area contributed by atoms with Gasteiger partial charge in [0.25, 0.3) is 0 Å². The van der Waals surface area contributed by atoms with Crippen molar-refractivity contribution in [3.05, 3.63) is 89.5 Å². The largest absolute Gasteiger partial charge is 0.493 e. The Morgan fingerprint density at radius 1 is 0.941 bits per heavy atom. The van der Waals surface area contributed by atoms with Crippen LogP contribution in [0.4, 0.5) is 14.5 Å². The average Bonchev–Trinajstić information content (AvgIpc) is 2.86. The van der Waals surface area contributed by atoms with E-state index in [-0.39, 0.29) is 17.7 Å². The van der Waals surface area contributed by atoms with Crippen LogP contribution < -0.4 is 14.8 Å². The Morgan fingerprint density at radius 2 is 1.71 bits per heavy atom. The summed E-state index contributed by atoms with van der Waals surface area (Å²) < 4.78 is 37.7. The highest BCUT2D eigenvalue weighted by Crippen LogP contribution is 2.33. The van der Waals surface area contributed by atoms with Gasteiger partial charge in [0.1, 0.15) is 0 Å². The van der Waals surface area contributed by atoms with Crippen molar-refractivity contribution < 1.29 is 23.0 Å². The molecule has 3 aromatic rings.